The summed E-state index contributed by atoms with van der Waals surface area (Å²) in [4.78, 5) is 15.6. The molecule has 1 aliphatic heterocycles. The number of aliphatic hydroxyl groups excluding tert-OH is 1. The summed E-state index contributed by atoms with van der Waals surface area (Å²) in [6.07, 6.45) is -0.930. The average molecular weight is 292 g/mol. The van der Waals surface area contributed by atoms with Gasteiger partial charge in [0.05, 0.1) is 0 Å². The Morgan fingerprint density at radius 1 is 1.19 bits per heavy atom. The molecule has 2 rings (SSSR count). The molecule has 1 unspecified atom stereocenters. The molecule has 1 heterocycles. The fraction of sp³-hybridized carbons (Fsp3) is 0.562. The van der Waals surface area contributed by atoms with E-state index in [-0.39, 0.29) is 5.91 Å². The quantitative estimate of drug-likeness (QED) is 0.873. The molecule has 1 aliphatic rings. The van der Waals surface area contributed by atoms with Crippen LogP contribution < -0.4 is 0 Å². The van der Waals surface area contributed by atoms with Crippen LogP contribution in [0.1, 0.15) is 23.6 Å². The summed E-state index contributed by atoms with van der Waals surface area (Å²) in [5, 5.41) is 19.4. The Bertz CT molecular complexity index is 520. The number of amides is 1. The lowest BCUT2D eigenvalue weighted by molar-refractivity contribution is -0.141. The topological polar surface area (TPSA) is 64.0 Å². The molecule has 2 N–H and O–H groups in total. The van der Waals surface area contributed by atoms with Gasteiger partial charge in [-0.15, -0.1) is 0 Å². The zero-order valence-corrected chi connectivity index (χ0v) is 13.0. The Morgan fingerprint density at radius 2 is 1.76 bits per heavy atom. The maximum atomic E-state index is 11.7. The van der Waals surface area contributed by atoms with Gasteiger partial charge in [0.1, 0.15) is 11.9 Å². The van der Waals surface area contributed by atoms with E-state index >= 15 is 0 Å². The number of phenolic OH excluding ortho intramolecular Hbond substituents is 1. The second-order valence-corrected chi connectivity index (χ2v) is 5.84. The average Bonchev–Trinajstić information content (AvgIpc) is 2.44. The Balaban J connectivity index is 1.95. The molecule has 0 saturated carbocycles. The largest absolute Gasteiger partial charge is 0.508 e. The van der Waals surface area contributed by atoms with E-state index in [0.717, 1.165) is 24.2 Å². The maximum absolute atomic E-state index is 11.7. The maximum Gasteiger partial charge on any atom is 0.251 e. The highest BCUT2D eigenvalue weighted by atomic mass is 16.3. The Hall–Kier alpha value is -1.59. The van der Waals surface area contributed by atoms with Gasteiger partial charge in [-0.05, 0) is 38.0 Å². The van der Waals surface area contributed by atoms with Crippen molar-refractivity contribution in [3.8, 4) is 5.75 Å². The number of rotatable bonds is 3. The summed E-state index contributed by atoms with van der Waals surface area (Å²) in [6.45, 7) is 8.96. The summed E-state index contributed by atoms with van der Waals surface area (Å²) in [5.41, 5.74) is 3.18. The van der Waals surface area contributed by atoms with Crippen LogP contribution in [0, 0.1) is 13.8 Å². The van der Waals surface area contributed by atoms with Gasteiger partial charge < -0.3 is 15.1 Å². The zero-order valence-electron chi connectivity index (χ0n) is 13.0. The van der Waals surface area contributed by atoms with Crippen LogP contribution in [0.15, 0.2) is 12.1 Å². The first kappa shape index (κ1) is 15.8. The molecule has 1 fully saturated rings. The van der Waals surface area contributed by atoms with E-state index < -0.39 is 6.10 Å². The van der Waals surface area contributed by atoms with E-state index in [0.29, 0.717) is 25.4 Å². The van der Waals surface area contributed by atoms with Crippen LogP contribution in [0.4, 0.5) is 0 Å². The summed E-state index contributed by atoms with van der Waals surface area (Å²) in [5.74, 6) is 0.129. The monoisotopic (exact) mass is 292 g/mol. The predicted octanol–water partition coefficient (Wildman–Crippen LogP) is 1.03. The molecule has 116 valence electrons. The summed E-state index contributed by atoms with van der Waals surface area (Å²) >= 11 is 0. The molecule has 1 saturated heterocycles. The van der Waals surface area contributed by atoms with Crippen LogP contribution in [-0.2, 0) is 11.3 Å². The first-order valence-corrected chi connectivity index (χ1v) is 7.36. The number of aryl methyl sites for hydroxylation is 2. The van der Waals surface area contributed by atoms with E-state index in [9.17, 15) is 15.0 Å². The molecule has 0 aliphatic carbocycles. The lowest BCUT2D eigenvalue weighted by Gasteiger charge is -2.35. The van der Waals surface area contributed by atoms with Crippen LogP contribution in [-0.4, -0.2) is 58.2 Å². The molecule has 0 spiro atoms. The van der Waals surface area contributed by atoms with Crippen molar-refractivity contribution in [3.05, 3.63) is 28.8 Å². The van der Waals surface area contributed by atoms with Crippen molar-refractivity contribution in [1.29, 1.82) is 0 Å². The van der Waals surface area contributed by atoms with Gasteiger partial charge in [0.2, 0.25) is 0 Å². The number of phenols is 1. The van der Waals surface area contributed by atoms with Crippen molar-refractivity contribution in [1.82, 2.24) is 9.80 Å². The fourth-order valence-electron chi connectivity index (χ4n) is 2.62. The summed E-state index contributed by atoms with van der Waals surface area (Å²) in [7, 11) is 0. The van der Waals surface area contributed by atoms with Gasteiger partial charge in [-0.2, -0.15) is 0 Å². The van der Waals surface area contributed by atoms with Crippen LogP contribution in [0.3, 0.4) is 0 Å². The number of aromatic hydroxyl groups is 1. The van der Waals surface area contributed by atoms with E-state index in [1.165, 1.54) is 12.5 Å². The van der Waals surface area contributed by atoms with Crippen molar-refractivity contribution < 1.29 is 15.0 Å². The summed E-state index contributed by atoms with van der Waals surface area (Å²) in [6, 6.07) is 3.83. The second kappa shape index (κ2) is 6.45. The van der Waals surface area contributed by atoms with Gasteiger partial charge in [0.25, 0.3) is 5.91 Å². The minimum Gasteiger partial charge on any atom is -0.508 e. The Labute approximate surface area is 125 Å². The van der Waals surface area contributed by atoms with Crippen LogP contribution in [0.2, 0.25) is 0 Å². The molecular formula is C16H24N2O3. The van der Waals surface area contributed by atoms with Crippen molar-refractivity contribution in [2.45, 2.75) is 33.4 Å². The minimum atomic E-state index is -0.930. The molecule has 21 heavy (non-hydrogen) atoms. The first-order valence-electron chi connectivity index (χ1n) is 7.36. The van der Waals surface area contributed by atoms with E-state index in [4.69, 9.17) is 0 Å². The normalized spacial score (nSPS) is 17.8. The predicted molar refractivity (Wildman–Crippen MR) is 81.1 cm³/mol. The van der Waals surface area contributed by atoms with Gasteiger partial charge >= 0.3 is 0 Å². The molecule has 5 nitrogen and oxygen atoms in total. The second-order valence-electron chi connectivity index (χ2n) is 5.84. The number of nitrogens with zero attached hydrogens (tertiary/aromatic N) is 2. The molecule has 1 atom stereocenters. The number of carbonyl (C=O) groups is 1. The van der Waals surface area contributed by atoms with Gasteiger partial charge in [-0.3, -0.25) is 9.69 Å². The third-order valence-electron chi connectivity index (χ3n) is 4.13. The van der Waals surface area contributed by atoms with Crippen molar-refractivity contribution in [2.75, 3.05) is 26.2 Å². The SMILES string of the molecule is Cc1cc(O)c(CN2CCN(C(=O)C(C)O)CC2)cc1C. The van der Waals surface area contributed by atoms with Crippen molar-refractivity contribution >= 4 is 5.91 Å². The molecule has 0 aromatic heterocycles. The molecule has 1 aromatic carbocycles. The van der Waals surface area contributed by atoms with Crippen LogP contribution in [0.5, 0.6) is 5.75 Å². The van der Waals surface area contributed by atoms with Gasteiger partial charge in [-0.25, -0.2) is 0 Å². The third kappa shape index (κ3) is 3.74. The highest BCUT2D eigenvalue weighted by Gasteiger charge is 2.24. The molecule has 5 heteroatoms. The van der Waals surface area contributed by atoms with E-state index in [1.54, 1.807) is 11.0 Å². The number of carbonyl (C=O) groups excluding carboxylic acids is 1. The lowest BCUT2D eigenvalue weighted by Crippen LogP contribution is -2.50. The molecule has 0 bridgehead atoms. The number of hydrogen-bond acceptors (Lipinski definition) is 4. The van der Waals surface area contributed by atoms with Gasteiger partial charge in [-0.1, -0.05) is 6.07 Å². The molecular weight excluding hydrogens is 268 g/mol. The smallest absolute Gasteiger partial charge is 0.251 e. The number of benzene rings is 1. The van der Waals surface area contributed by atoms with Crippen LogP contribution in [0.25, 0.3) is 0 Å². The van der Waals surface area contributed by atoms with Crippen molar-refractivity contribution in [2.24, 2.45) is 0 Å². The standard InChI is InChI=1S/C16H24N2O3/c1-11-8-14(15(20)9-12(11)2)10-17-4-6-18(7-5-17)16(21)13(3)19/h8-9,13,19-20H,4-7,10H2,1-3H3. The van der Waals surface area contributed by atoms with Crippen molar-refractivity contribution in [3.63, 3.8) is 0 Å². The fourth-order valence-corrected chi connectivity index (χ4v) is 2.62. The molecule has 0 radical (unpaired) electrons. The number of piperazine rings is 1. The number of aliphatic hydroxyl groups is 1. The highest BCUT2D eigenvalue weighted by molar-refractivity contribution is 5.80. The van der Waals surface area contributed by atoms with Gasteiger partial charge in [0, 0.05) is 38.3 Å². The number of hydrogen-bond donors (Lipinski definition) is 2. The Morgan fingerprint density at radius 3 is 2.33 bits per heavy atom. The van der Waals surface area contributed by atoms with E-state index in [2.05, 4.69) is 4.90 Å². The molecule has 1 amide bonds. The summed E-state index contributed by atoms with van der Waals surface area (Å²) < 4.78 is 0. The minimum absolute atomic E-state index is 0.205. The van der Waals surface area contributed by atoms with Gasteiger partial charge in [0.15, 0.2) is 0 Å². The lowest BCUT2D eigenvalue weighted by atomic mass is 10.0. The highest BCUT2D eigenvalue weighted by Crippen LogP contribution is 2.23. The Kier molecular flexibility index (Phi) is 4.85. The third-order valence-corrected chi connectivity index (χ3v) is 4.13. The zero-order chi connectivity index (χ0) is 15.6. The van der Waals surface area contributed by atoms with Crippen LogP contribution >= 0.6 is 0 Å². The first-order chi connectivity index (χ1) is 9.88. The molecule has 1 aromatic rings. The van der Waals surface area contributed by atoms with E-state index in [1.807, 2.05) is 19.9 Å².